The largest absolute Gasteiger partial charge is 0.491 e. The van der Waals surface area contributed by atoms with E-state index in [9.17, 15) is 0 Å². The molecule has 0 saturated heterocycles. The van der Waals surface area contributed by atoms with Gasteiger partial charge in [0.05, 0.1) is 12.2 Å². The SMILES string of the molecule is Cc1c(CNC2COc3ccccc32)cnn1C. The smallest absolute Gasteiger partial charge is 0.124 e. The Hall–Kier alpha value is -1.81. The van der Waals surface area contributed by atoms with Crippen LogP contribution in [0.5, 0.6) is 5.75 Å². The van der Waals surface area contributed by atoms with Crippen molar-refractivity contribution in [2.75, 3.05) is 6.61 Å². The summed E-state index contributed by atoms with van der Waals surface area (Å²) in [5.41, 5.74) is 3.69. The van der Waals surface area contributed by atoms with Crippen molar-refractivity contribution in [1.29, 1.82) is 0 Å². The number of aromatic nitrogens is 2. The summed E-state index contributed by atoms with van der Waals surface area (Å²) in [5.74, 6) is 0.998. The van der Waals surface area contributed by atoms with Crippen molar-refractivity contribution >= 4 is 0 Å². The number of aryl methyl sites for hydroxylation is 1. The van der Waals surface area contributed by atoms with E-state index in [-0.39, 0.29) is 6.04 Å². The van der Waals surface area contributed by atoms with Crippen LogP contribution in [0, 0.1) is 6.92 Å². The molecule has 1 N–H and O–H groups in total. The summed E-state index contributed by atoms with van der Waals surface area (Å²) < 4.78 is 7.55. The average Bonchev–Trinajstić information content (AvgIpc) is 2.94. The first-order valence-corrected chi connectivity index (χ1v) is 6.18. The summed E-state index contributed by atoms with van der Waals surface area (Å²) in [6.45, 7) is 3.61. The molecule has 1 aromatic carbocycles. The number of benzene rings is 1. The van der Waals surface area contributed by atoms with Gasteiger partial charge in [-0.2, -0.15) is 5.10 Å². The van der Waals surface area contributed by atoms with E-state index in [4.69, 9.17) is 4.74 Å². The van der Waals surface area contributed by atoms with Gasteiger partial charge < -0.3 is 10.1 Å². The molecular formula is C14H17N3O. The average molecular weight is 243 g/mol. The Morgan fingerprint density at radius 1 is 1.44 bits per heavy atom. The Morgan fingerprint density at radius 3 is 3.06 bits per heavy atom. The highest BCUT2D eigenvalue weighted by molar-refractivity contribution is 5.39. The van der Waals surface area contributed by atoms with Gasteiger partial charge in [0, 0.05) is 30.4 Å². The predicted octanol–water partition coefficient (Wildman–Crippen LogP) is 1.95. The van der Waals surface area contributed by atoms with Gasteiger partial charge in [-0.1, -0.05) is 18.2 Å². The maximum Gasteiger partial charge on any atom is 0.124 e. The van der Waals surface area contributed by atoms with Crippen molar-refractivity contribution < 1.29 is 4.74 Å². The molecule has 1 unspecified atom stereocenters. The van der Waals surface area contributed by atoms with Crippen LogP contribution in [0.4, 0.5) is 0 Å². The molecular weight excluding hydrogens is 226 g/mol. The van der Waals surface area contributed by atoms with Crippen LogP contribution in [-0.2, 0) is 13.6 Å². The van der Waals surface area contributed by atoms with Crippen LogP contribution in [0.2, 0.25) is 0 Å². The lowest BCUT2D eigenvalue weighted by molar-refractivity contribution is 0.310. The Balaban J connectivity index is 1.70. The van der Waals surface area contributed by atoms with E-state index in [0.29, 0.717) is 6.61 Å². The number of fused-ring (bicyclic) bond motifs is 1. The summed E-state index contributed by atoms with van der Waals surface area (Å²) >= 11 is 0. The van der Waals surface area contributed by atoms with Crippen LogP contribution in [0.3, 0.4) is 0 Å². The van der Waals surface area contributed by atoms with E-state index in [1.165, 1.54) is 16.8 Å². The topological polar surface area (TPSA) is 39.1 Å². The molecule has 0 spiro atoms. The minimum Gasteiger partial charge on any atom is -0.491 e. The minimum atomic E-state index is 0.279. The summed E-state index contributed by atoms with van der Waals surface area (Å²) in [6.07, 6.45) is 1.92. The van der Waals surface area contributed by atoms with Gasteiger partial charge in [0.2, 0.25) is 0 Å². The number of ether oxygens (including phenoxy) is 1. The van der Waals surface area contributed by atoms with E-state index in [0.717, 1.165) is 12.3 Å². The summed E-state index contributed by atoms with van der Waals surface area (Å²) in [7, 11) is 1.97. The molecule has 1 aliphatic rings. The molecule has 0 fully saturated rings. The second-order valence-electron chi connectivity index (χ2n) is 4.66. The summed E-state index contributed by atoms with van der Waals surface area (Å²) in [5, 5.41) is 7.78. The van der Waals surface area contributed by atoms with Gasteiger partial charge in [-0.3, -0.25) is 4.68 Å². The van der Waals surface area contributed by atoms with Crippen LogP contribution in [0.25, 0.3) is 0 Å². The maximum absolute atomic E-state index is 5.65. The lowest BCUT2D eigenvalue weighted by Gasteiger charge is -2.11. The van der Waals surface area contributed by atoms with Crippen molar-refractivity contribution in [1.82, 2.24) is 15.1 Å². The van der Waals surface area contributed by atoms with E-state index in [1.807, 2.05) is 30.1 Å². The van der Waals surface area contributed by atoms with Crippen LogP contribution in [0.1, 0.15) is 22.9 Å². The number of rotatable bonds is 3. The first-order valence-electron chi connectivity index (χ1n) is 6.18. The van der Waals surface area contributed by atoms with Crippen molar-refractivity contribution in [3.63, 3.8) is 0 Å². The molecule has 0 saturated carbocycles. The highest BCUT2D eigenvalue weighted by Gasteiger charge is 2.23. The molecule has 3 rings (SSSR count). The number of nitrogens with zero attached hydrogens (tertiary/aromatic N) is 2. The highest BCUT2D eigenvalue weighted by atomic mass is 16.5. The predicted molar refractivity (Wildman–Crippen MR) is 69.5 cm³/mol. The van der Waals surface area contributed by atoms with E-state index >= 15 is 0 Å². The third-order valence-corrected chi connectivity index (χ3v) is 3.58. The third-order valence-electron chi connectivity index (χ3n) is 3.58. The van der Waals surface area contributed by atoms with Crippen molar-refractivity contribution in [3.05, 3.63) is 47.3 Å². The first-order chi connectivity index (χ1) is 8.75. The van der Waals surface area contributed by atoms with Crippen LogP contribution < -0.4 is 10.1 Å². The molecule has 4 heteroatoms. The zero-order valence-corrected chi connectivity index (χ0v) is 10.7. The van der Waals surface area contributed by atoms with Gasteiger partial charge in [0.15, 0.2) is 0 Å². The highest BCUT2D eigenvalue weighted by Crippen LogP contribution is 2.31. The number of hydrogen-bond donors (Lipinski definition) is 1. The number of hydrogen-bond acceptors (Lipinski definition) is 3. The van der Waals surface area contributed by atoms with Crippen molar-refractivity contribution in [2.24, 2.45) is 7.05 Å². The van der Waals surface area contributed by atoms with Gasteiger partial charge in [-0.05, 0) is 13.0 Å². The van der Waals surface area contributed by atoms with Crippen LogP contribution in [0.15, 0.2) is 30.5 Å². The summed E-state index contributed by atoms with van der Waals surface area (Å²) in [4.78, 5) is 0. The molecule has 1 aromatic heterocycles. The van der Waals surface area contributed by atoms with Crippen LogP contribution >= 0.6 is 0 Å². The molecule has 2 heterocycles. The van der Waals surface area contributed by atoms with Gasteiger partial charge in [0.25, 0.3) is 0 Å². The standard InChI is InChI=1S/C14H17N3O/c1-10-11(8-16-17(10)2)7-15-13-9-18-14-6-4-3-5-12(13)14/h3-6,8,13,15H,7,9H2,1-2H3. The fraction of sp³-hybridized carbons (Fsp3) is 0.357. The maximum atomic E-state index is 5.65. The van der Waals surface area contributed by atoms with E-state index in [2.05, 4.69) is 29.5 Å². The first kappa shape index (κ1) is 11.3. The normalized spacial score (nSPS) is 17.6. The Labute approximate surface area is 107 Å². The molecule has 94 valence electrons. The van der Waals surface area contributed by atoms with Gasteiger partial charge in [-0.25, -0.2) is 0 Å². The zero-order valence-electron chi connectivity index (χ0n) is 10.7. The zero-order chi connectivity index (χ0) is 12.5. The van der Waals surface area contributed by atoms with E-state index < -0.39 is 0 Å². The lowest BCUT2D eigenvalue weighted by atomic mass is 10.1. The molecule has 1 atom stereocenters. The van der Waals surface area contributed by atoms with Gasteiger partial charge in [0.1, 0.15) is 12.4 Å². The minimum absolute atomic E-state index is 0.279. The monoisotopic (exact) mass is 243 g/mol. The molecule has 1 aliphatic heterocycles. The van der Waals surface area contributed by atoms with E-state index in [1.54, 1.807) is 0 Å². The quantitative estimate of drug-likeness (QED) is 0.895. The van der Waals surface area contributed by atoms with Crippen molar-refractivity contribution in [3.8, 4) is 5.75 Å². The third kappa shape index (κ3) is 1.88. The molecule has 0 amide bonds. The van der Waals surface area contributed by atoms with Crippen LogP contribution in [-0.4, -0.2) is 16.4 Å². The lowest BCUT2D eigenvalue weighted by Crippen LogP contribution is -2.22. The molecule has 4 nitrogen and oxygen atoms in total. The van der Waals surface area contributed by atoms with Gasteiger partial charge in [-0.15, -0.1) is 0 Å². The van der Waals surface area contributed by atoms with Crippen molar-refractivity contribution in [2.45, 2.75) is 19.5 Å². The summed E-state index contributed by atoms with van der Waals surface area (Å²) in [6, 6.07) is 8.48. The molecule has 18 heavy (non-hydrogen) atoms. The molecule has 2 aromatic rings. The molecule has 0 aliphatic carbocycles. The fourth-order valence-electron chi connectivity index (χ4n) is 2.28. The fourth-order valence-corrected chi connectivity index (χ4v) is 2.28. The molecule has 0 bridgehead atoms. The van der Waals surface area contributed by atoms with Gasteiger partial charge >= 0.3 is 0 Å². The Kier molecular flexibility index (Phi) is 2.80. The second-order valence-corrected chi connectivity index (χ2v) is 4.66. The number of nitrogens with one attached hydrogen (secondary N) is 1. The molecule has 0 radical (unpaired) electrons. The second kappa shape index (κ2) is 4.46. The number of para-hydroxylation sites is 1. The Morgan fingerprint density at radius 2 is 2.28 bits per heavy atom. The Bertz CT molecular complexity index is 562.